The average Bonchev–Trinajstić information content (AvgIpc) is 3.31. The Morgan fingerprint density at radius 3 is 2.63 bits per heavy atom. The Hall–Kier alpha value is -2.14. The third-order valence-corrected chi connectivity index (χ3v) is 6.16. The van der Waals surface area contributed by atoms with Crippen LogP contribution in [0.1, 0.15) is 50.0 Å². The second-order valence-electron chi connectivity index (χ2n) is 8.02. The summed E-state index contributed by atoms with van der Waals surface area (Å²) in [7, 11) is 0. The van der Waals surface area contributed by atoms with Gasteiger partial charge in [0, 0.05) is 12.1 Å². The lowest BCUT2D eigenvalue weighted by molar-refractivity contribution is -0.124. The smallest absolute Gasteiger partial charge is 0.230 e. The number of hydrogen-bond acceptors (Lipinski definition) is 3. The molecule has 1 N–H and O–H groups in total. The van der Waals surface area contributed by atoms with Crippen molar-refractivity contribution < 1.29 is 13.6 Å². The van der Waals surface area contributed by atoms with Crippen LogP contribution in [-0.2, 0) is 10.2 Å². The minimum atomic E-state index is -0.699. The molecule has 27 heavy (non-hydrogen) atoms. The number of nitrogens with one attached hydrogen (secondary N) is 1. The molecule has 5 heteroatoms. The molecule has 1 aromatic heterocycles. The fourth-order valence-electron chi connectivity index (χ4n) is 4.18. The van der Waals surface area contributed by atoms with Crippen LogP contribution in [0.25, 0.3) is 0 Å². The van der Waals surface area contributed by atoms with Gasteiger partial charge in [0.15, 0.2) is 0 Å². The fourth-order valence-corrected chi connectivity index (χ4v) is 4.18. The van der Waals surface area contributed by atoms with Gasteiger partial charge in [-0.1, -0.05) is 25.1 Å². The van der Waals surface area contributed by atoms with E-state index in [1.807, 2.05) is 12.1 Å². The second kappa shape index (κ2) is 7.47. The number of rotatable bonds is 6. The Kier molecular flexibility index (Phi) is 5.04. The predicted molar refractivity (Wildman–Crippen MR) is 102 cm³/mol. The van der Waals surface area contributed by atoms with Crippen LogP contribution >= 0.6 is 0 Å². The number of piperidine rings is 1. The summed E-state index contributed by atoms with van der Waals surface area (Å²) in [6, 6.07) is 10.5. The number of carbonyl (C=O) groups excluding carboxylic acids is 1. The van der Waals surface area contributed by atoms with E-state index in [4.69, 9.17) is 4.42 Å². The predicted octanol–water partition coefficient (Wildman–Crippen LogP) is 4.04. The van der Waals surface area contributed by atoms with E-state index in [9.17, 15) is 9.18 Å². The van der Waals surface area contributed by atoms with Gasteiger partial charge in [-0.3, -0.25) is 9.69 Å². The number of nitrogens with zero attached hydrogens (tertiary/aromatic N) is 1. The van der Waals surface area contributed by atoms with Crippen LogP contribution in [0.15, 0.2) is 47.1 Å². The van der Waals surface area contributed by atoms with Crippen molar-refractivity contribution >= 4 is 5.91 Å². The molecule has 4 nitrogen and oxygen atoms in total. The Balaban J connectivity index is 1.46. The summed E-state index contributed by atoms with van der Waals surface area (Å²) in [6.07, 6.45) is 5.39. The molecular formula is C22H27FN2O2. The minimum absolute atomic E-state index is 0.0212. The van der Waals surface area contributed by atoms with Gasteiger partial charge in [-0.15, -0.1) is 0 Å². The molecule has 144 valence electrons. The summed E-state index contributed by atoms with van der Waals surface area (Å²) < 4.78 is 19.9. The number of furan rings is 1. The molecule has 4 rings (SSSR count). The summed E-state index contributed by atoms with van der Waals surface area (Å²) in [5, 5.41) is 3.10. The number of likely N-dealkylation sites (tertiary alicyclic amines) is 1. The first-order valence-corrected chi connectivity index (χ1v) is 9.91. The molecule has 1 unspecified atom stereocenters. The number of halogens is 1. The van der Waals surface area contributed by atoms with Gasteiger partial charge in [-0.25, -0.2) is 4.39 Å². The molecule has 2 aliphatic rings. The van der Waals surface area contributed by atoms with Crippen molar-refractivity contribution in [3.8, 4) is 0 Å². The third kappa shape index (κ3) is 3.65. The normalized spacial score (nSPS) is 21.0. The van der Waals surface area contributed by atoms with Crippen LogP contribution in [0.3, 0.4) is 0 Å². The maximum atomic E-state index is 14.2. The molecule has 1 aliphatic heterocycles. The zero-order valence-corrected chi connectivity index (χ0v) is 15.8. The molecule has 1 atom stereocenters. The van der Waals surface area contributed by atoms with E-state index in [1.165, 1.54) is 6.07 Å². The lowest BCUT2D eigenvalue weighted by atomic mass is 9.94. The Bertz CT molecular complexity index is 777. The zero-order chi connectivity index (χ0) is 18.9. The van der Waals surface area contributed by atoms with Crippen LogP contribution < -0.4 is 5.32 Å². The summed E-state index contributed by atoms with van der Waals surface area (Å²) in [6.45, 7) is 4.77. The summed E-state index contributed by atoms with van der Waals surface area (Å²) in [5.74, 6) is 1.25. The molecule has 0 bridgehead atoms. The molecule has 1 amide bonds. The van der Waals surface area contributed by atoms with Crippen molar-refractivity contribution in [3.63, 3.8) is 0 Å². The van der Waals surface area contributed by atoms with Gasteiger partial charge < -0.3 is 9.73 Å². The molecule has 1 aliphatic carbocycles. The minimum Gasteiger partial charge on any atom is -0.468 e. The fraction of sp³-hybridized carbons (Fsp3) is 0.500. The van der Waals surface area contributed by atoms with Crippen molar-refractivity contribution in [2.24, 2.45) is 5.92 Å². The van der Waals surface area contributed by atoms with E-state index in [2.05, 4.69) is 17.1 Å². The molecule has 1 aromatic carbocycles. The second-order valence-corrected chi connectivity index (χ2v) is 8.02. The summed E-state index contributed by atoms with van der Waals surface area (Å²) in [4.78, 5) is 15.4. The molecule has 1 saturated carbocycles. The molecular weight excluding hydrogens is 343 g/mol. The Labute approximate surface area is 159 Å². The van der Waals surface area contributed by atoms with Crippen LogP contribution in [0, 0.1) is 11.7 Å². The van der Waals surface area contributed by atoms with Crippen LogP contribution in [0.5, 0.6) is 0 Å². The van der Waals surface area contributed by atoms with E-state index in [1.54, 1.807) is 24.5 Å². The number of benzene rings is 1. The highest BCUT2D eigenvalue weighted by molar-refractivity contribution is 5.91. The highest BCUT2D eigenvalue weighted by atomic mass is 19.1. The third-order valence-electron chi connectivity index (χ3n) is 6.16. The van der Waals surface area contributed by atoms with Gasteiger partial charge in [0.05, 0.1) is 17.7 Å². The molecule has 0 radical (unpaired) electrons. The average molecular weight is 370 g/mol. The van der Waals surface area contributed by atoms with Gasteiger partial charge in [0.2, 0.25) is 5.91 Å². The highest BCUT2D eigenvalue weighted by Crippen LogP contribution is 2.49. The monoisotopic (exact) mass is 370 g/mol. The molecule has 2 heterocycles. The first-order valence-electron chi connectivity index (χ1n) is 9.91. The standard InChI is InChI=1S/C22H27FN2O2/c1-16-8-12-25(13-9-16)19(20-7-4-14-27-20)15-24-21(26)22(10-11-22)17-5-2-3-6-18(17)23/h2-7,14,16,19H,8-13,15H2,1H3,(H,24,26). The van der Waals surface area contributed by atoms with Crippen molar-refractivity contribution in [2.75, 3.05) is 19.6 Å². The SMILES string of the molecule is CC1CCN(C(CNC(=O)C2(c3ccccc3F)CC2)c2ccco2)CC1. The van der Waals surface area contributed by atoms with Crippen molar-refractivity contribution in [1.82, 2.24) is 10.2 Å². The van der Waals surface area contributed by atoms with Crippen LogP contribution in [0.2, 0.25) is 0 Å². The largest absolute Gasteiger partial charge is 0.468 e. The van der Waals surface area contributed by atoms with Gasteiger partial charge in [0.1, 0.15) is 11.6 Å². The van der Waals surface area contributed by atoms with Crippen molar-refractivity contribution in [1.29, 1.82) is 0 Å². The number of amides is 1. The molecule has 0 spiro atoms. The topological polar surface area (TPSA) is 45.5 Å². The van der Waals surface area contributed by atoms with E-state index in [0.717, 1.165) is 37.6 Å². The zero-order valence-electron chi connectivity index (χ0n) is 15.8. The summed E-state index contributed by atoms with van der Waals surface area (Å²) in [5.41, 5.74) is -0.181. The van der Waals surface area contributed by atoms with E-state index >= 15 is 0 Å². The first kappa shape index (κ1) is 18.2. The Morgan fingerprint density at radius 1 is 1.26 bits per heavy atom. The van der Waals surface area contributed by atoms with Gasteiger partial charge >= 0.3 is 0 Å². The van der Waals surface area contributed by atoms with Gasteiger partial charge in [-0.05, 0) is 62.9 Å². The van der Waals surface area contributed by atoms with Crippen molar-refractivity contribution in [2.45, 2.75) is 44.1 Å². The van der Waals surface area contributed by atoms with E-state index in [-0.39, 0.29) is 17.8 Å². The highest BCUT2D eigenvalue weighted by Gasteiger charge is 2.52. The van der Waals surface area contributed by atoms with Crippen molar-refractivity contribution in [3.05, 3.63) is 59.8 Å². The van der Waals surface area contributed by atoms with Crippen LogP contribution in [0.4, 0.5) is 4.39 Å². The number of hydrogen-bond donors (Lipinski definition) is 1. The van der Waals surface area contributed by atoms with Gasteiger partial charge in [-0.2, -0.15) is 0 Å². The lowest BCUT2D eigenvalue weighted by Gasteiger charge is -2.36. The van der Waals surface area contributed by atoms with E-state index < -0.39 is 5.41 Å². The van der Waals surface area contributed by atoms with E-state index in [0.29, 0.717) is 24.9 Å². The maximum absolute atomic E-state index is 14.2. The molecule has 2 aromatic rings. The van der Waals surface area contributed by atoms with Gasteiger partial charge in [0.25, 0.3) is 0 Å². The Morgan fingerprint density at radius 2 is 2.00 bits per heavy atom. The maximum Gasteiger partial charge on any atom is 0.230 e. The lowest BCUT2D eigenvalue weighted by Crippen LogP contribution is -2.44. The molecule has 2 fully saturated rings. The number of carbonyl (C=O) groups is 1. The quantitative estimate of drug-likeness (QED) is 0.835. The molecule has 1 saturated heterocycles. The van der Waals surface area contributed by atoms with Crippen LogP contribution in [-0.4, -0.2) is 30.4 Å². The summed E-state index contributed by atoms with van der Waals surface area (Å²) >= 11 is 0. The first-order chi connectivity index (χ1) is 13.1.